The standard InChI is InChI=1S/C14H21BrN2O/c1-17(9-11-3-2-4-12(15)7-11)10-14(18)8-16-13-5-6-13/h2-4,7,13-14,16,18H,5-6,8-10H2,1H3. The monoisotopic (exact) mass is 312 g/mol. The summed E-state index contributed by atoms with van der Waals surface area (Å²) in [6, 6.07) is 8.95. The molecule has 0 spiro atoms. The van der Waals surface area contributed by atoms with Gasteiger partial charge in [-0.2, -0.15) is 0 Å². The number of likely N-dealkylation sites (N-methyl/N-ethyl adjacent to an activating group) is 1. The van der Waals surface area contributed by atoms with Crippen LogP contribution in [0.25, 0.3) is 0 Å². The van der Waals surface area contributed by atoms with E-state index >= 15 is 0 Å². The molecule has 3 nitrogen and oxygen atoms in total. The van der Waals surface area contributed by atoms with Crippen molar-refractivity contribution in [1.29, 1.82) is 0 Å². The minimum Gasteiger partial charge on any atom is -0.390 e. The number of nitrogens with one attached hydrogen (secondary N) is 1. The molecule has 100 valence electrons. The van der Waals surface area contributed by atoms with Crippen LogP contribution in [0, 0.1) is 0 Å². The number of hydrogen-bond acceptors (Lipinski definition) is 3. The number of rotatable bonds is 7. The maximum atomic E-state index is 9.92. The highest BCUT2D eigenvalue weighted by Crippen LogP contribution is 2.18. The Kier molecular flexibility index (Phi) is 5.18. The van der Waals surface area contributed by atoms with E-state index in [1.54, 1.807) is 0 Å². The van der Waals surface area contributed by atoms with Crippen LogP contribution in [0.2, 0.25) is 0 Å². The Hall–Kier alpha value is -0.420. The summed E-state index contributed by atoms with van der Waals surface area (Å²) in [4.78, 5) is 2.15. The molecule has 1 unspecified atom stereocenters. The van der Waals surface area contributed by atoms with Gasteiger partial charge < -0.3 is 10.4 Å². The van der Waals surface area contributed by atoms with Crippen LogP contribution >= 0.6 is 15.9 Å². The molecule has 0 heterocycles. The first-order chi connectivity index (χ1) is 8.63. The first-order valence-corrected chi connectivity index (χ1v) is 7.27. The molecule has 1 aliphatic carbocycles. The number of benzene rings is 1. The zero-order chi connectivity index (χ0) is 13.0. The molecule has 2 rings (SSSR count). The third kappa shape index (κ3) is 5.06. The number of aliphatic hydroxyl groups is 1. The molecule has 1 atom stereocenters. The minimum absolute atomic E-state index is 0.289. The van der Waals surface area contributed by atoms with Crippen molar-refractivity contribution >= 4 is 15.9 Å². The van der Waals surface area contributed by atoms with E-state index in [1.807, 2.05) is 19.2 Å². The highest BCUT2D eigenvalue weighted by Gasteiger charge is 2.21. The molecule has 1 aromatic carbocycles. The second-order valence-corrected chi connectivity index (χ2v) is 6.08. The summed E-state index contributed by atoms with van der Waals surface area (Å²) in [7, 11) is 2.04. The Morgan fingerprint density at radius 2 is 2.28 bits per heavy atom. The van der Waals surface area contributed by atoms with E-state index in [2.05, 4.69) is 38.3 Å². The molecule has 0 bridgehead atoms. The first-order valence-electron chi connectivity index (χ1n) is 6.48. The van der Waals surface area contributed by atoms with Gasteiger partial charge in [-0.05, 0) is 37.6 Å². The van der Waals surface area contributed by atoms with E-state index < -0.39 is 0 Å². The molecular formula is C14H21BrN2O. The van der Waals surface area contributed by atoms with Gasteiger partial charge in [-0.25, -0.2) is 0 Å². The highest BCUT2D eigenvalue weighted by molar-refractivity contribution is 9.10. The van der Waals surface area contributed by atoms with Gasteiger partial charge in [-0.15, -0.1) is 0 Å². The summed E-state index contributed by atoms with van der Waals surface area (Å²) < 4.78 is 1.10. The van der Waals surface area contributed by atoms with Crippen molar-refractivity contribution < 1.29 is 5.11 Å². The lowest BCUT2D eigenvalue weighted by atomic mass is 10.2. The van der Waals surface area contributed by atoms with Crippen LogP contribution in [0.1, 0.15) is 18.4 Å². The average molecular weight is 313 g/mol. The van der Waals surface area contributed by atoms with Crippen molar-refractivity contribution in [2.75, 3.05) is 20.1 Å². The maximum Gasteiger partial charge on any atom is 0.0791 e. The smallest absolute Gasteiger partial charge is 0.0791 e. The minimum atomic E-state index is -0.289. The second-order valence-electron chi connectivity index (χ2n) is 5.16. The number of nitrogens with zero attached hydrogens (tertiary/aromatic N) is 1. The largest absolute Gasteiger partial charge is 0.390 e. The van der Waals surface area contributed by atoms with Crippen molar-refractivity contribution in [1.82, 2.24) is 10.2 Å². The van der Waals surface area contributed by atoms with Gasteiger partial charge in [0.15, 0.2) is 0 Å². The van der Waals surface area contributed by atoms with Gasteiger partial charge in [-0.3, -0.25) is 4.90 Å². The van der Waals surface area contributed by atoms with Gasteiger partial charge in [0.1, 0.15) is 0 Å². The third-order valence-electron chi connectivity index (χ3n) is 3.08. The zero-order valence-electron chi connectivity index (χ0n) is 10.8. The van der Waals surface area contributed by atoms with Crippen molar-refractivity contribution in [3.63, 3.8) is 0 Å². The summed E-state index contributed by atoms with van der Waals surface area (Å²) in [5.74, 6) is 0. The molecule has 1 aromatic rings. The SMILES string of the molecule is CN(Cc1cccc(Br)c1)CC(O)CNC1CC1. The van der Waals surface area contributed by atoms with Crippen LogP contribution in [0.15, 0.2) is 28.7 Å². The predicted molar refractivity (Wildman–Crippen MR) is 77.5 cm³/mol. The molecule has 0 aliphatic heterocycles. The lowest BCUT2D eigenvalue weighted by molar-refractivity contribution is 0.121. The van der Waals surface area contributed by atoms with E-state index in [-0.39, 0.29) is 6.10 Å². The fourth-order valence-electron chi connectivity index (χ4n) is 2.03. The summed E-state index contributed by atoms with van der Waals surface area (Å²) in [6.07, 6.45) is 2.24. The summed E-state index contributed by atoms with van der Waals surface area (Å²) in [5.41, 5.74) is 1.26. The van der Waals surface area contributed by atoms with Gasteiger partial charge in [0.05, 0.1) is 6.10 Å². The van der Waals surface area contributed by atoms with E-state index in [1.165, 1.54) is 18.4 Å². The summed E-state index contributed by atoms with van der Waals surface area (Å²) in [5, 5.41) is 13.3. The van der Waals surface area contributed by atoms with Crippen LogP contribution < -0.4 is 5.32 Å². The van der Waals surface area contributed by atoms with E-state index in [0.29, 0.717) is 19.1 Å². The molecule has 1 fully saturated rings. The molecule has 0 aromatic heterocycles. The average Bonchev–Trinajstić information content (AvgIpc) is 3.09. The van der Waals surface area contributed by atoms with Gasteiger partial charge in [0.25, 0.3) is 0 Å². The van der Waals surface area contributed by atoms with Crippen LogP contribution in [0.3, 0.4) is 0 Å². The lowest BCUT2D eigenvalue weighted by Crippen LogP contribution is -2.37. The molecule has 4 heteroatoms. The van der Waals surface area contributed by atoms with Crippen LogP contribution in [-0.4, -0.2) is 42.3 Å². The third-order valence-corrected chi connectivity index (χ3v) is 3.58. The molecular weight excluding hydrogens is 292 g/mol. The van der Waals surface area contributed by atoms with Crippen LogP contribution in [0.5, 0.6) is 0 Å². The molecule has 18 heavy (non-hydrogen) atoms. The van der Waals surface area contributed by atoms with Gasteiger partial charge in [0.2, 0.25) is 0 Å². The van der Waals surface area contributed by atoms with Crippen molar-refractivity contribution in [2.24, 2.45) is 0 Å². The topological polar surface area (TPSA) is 35.5 Å². The fourth-order valence-corrected chi connectivity index (χ4v) is 2.47. The highest BCUT2D eigenvalue weighted by atomic mass is 79.9. The van der Waals surface area contributed by atoms with E-state index in [0.717, 1.165) is 11.0 Å². The summed E-state index contributed by atoms with van der Waals surface area (Å²) in [6.45, 7) is 2.26. The quantitative estimate of drug-likeness (QED) is 0.808. The van der Waals surface area contributed by atoms with Crippen molar-refractivity contribution in [2.45, 2.75) is 31.5 Å². The number of aliphatic hydroxyl groups excluding tert-OH is 1. The van der Waals surface area contributed by atoms with Crippen LogP contribution in [0.4, 0.5) is 0 Å². The Labute approximate surface area is 117 Å². The second kappa shape index (κ2) is 6.66. The van der Waals surface area contributed by atoms with E-state index in [4.69, 9.17) is 0 Å². The maximum absolute atomic E-state index is 9.92. The molecule has 0 radical (unpaired) electrons. The van der Waals surface area contributed by atoms with E-state index in [9.17, 15) is 5.11 Å². The Morgan fingerprint density at radius 3 is 2.94 bits per heavy atom. The van der Waals surface area contributed by atoms with Gasteiger partial charge in [0, 0.05) is 30.1 Å². The van der Waals surface area contributed by atoms with Crippen LogP contribution in [-0.2, 0) is 6.54 Å². The van der Waals surface area contributed by atoms with Gasteiger partial charge in [-0.1, -0.05) is 28.1 Å². The fraction of sp³-hybridized carbons (Fsp3) is 0.571. The Morgan fingerprint density at radius 1 is 1.50 bits per heavy atom. The Bertz CT molecular complexity index is 382. The molecule has 0 amide bonds. The molecule has 2 N–H and O–H groups in total. The summed E-state index contributed by atoms with van der Waals surface area (Å²) >= 11 is 3.47. The number of hydrogen-bond donors (Lipinski definition) is 2. The lowest BCUT2D eigenvalue weighted by Gasteiger charge is -2.21. The predicted octanol–water partition coefficient (Wildman–Crippen LogP) is 1.99. The van der Waals surface area contributed by atoms with Gasteiger partial charge >= 0.3 is 0 Å². The number of halogens is 1. The van der Waals surface area contributed by atoms with Crippen molar-refractivity contribution in [3.8, 4) is 0 Å². The molecule has 1 aliphatic rings. The molecule has 0 saturated heterocycles. The molecule has 1 saturated carbocycles. The normalized spacial score (nSPS) is 17.1. The Balaban J connectivity index is 1.71. The zero-order valence-corrected chi connectivity index (χ0v) is 12.4. The van der Waals surface area contributed by atoms with Crippen molar-refractivity contribution in [3.05, 3.63) is 34.3 Å². The first kappa shape index (κ1) is 14.0.